The Balaban J connectivity index is 1.95. The zero-order valence-corrected chi connectivity index (χ0v) is 51.4. The van der Waals surface area contributed by atoms with Gasteiger partial charge in [0, 0.05) is 26.2 Å². The lowest BCUT2D eigenvalue weighted by Crippen LogP contribution is -2.67. The molecule has 0 unspecified atom stereocenters. The Morgan fingerprint density at radius 3 is 1.09 bits per heavy atom. The van der Waals surface area contributed by atoms with Gasteiger partial charge in [0.15, 0.2) is 0 Å². The monoisotopic (exact) mass is 1240 g/mol. The van der Waals surface area contributed by atoms with Crippen molar-refractivity contribution < 1.29 is 94.7 Å². The van der Waals surface area contributed by atoms with Crippen molar-refractivity contribution in [2.75, 3.05) is 26.2 Å². The number of aliphatic hydroxyl groups excluding tert-OH is 2. The first-order valence-corrected chi connectivity index (χ1v) is 29.0. The quantitative estimate of drug-likeness (QED) is 0.0447. The van der Waals surface area contributed by atoms with Crippen molar-refractivity contribution in [2.45, 2.75) is 206 Å². The third kappa shape index (κ3) is 20.3. The highest BCUT2D eigenvalue weighted by Gasteiger charge is 2.58. The smallest absolute Gasteiger partial charge is 0.408 e. The molecule has 0 radical (unpaired) electrons. The van der Waals surface area contributed by atoms with E-state index in [0.29, 0.717) is 36.8 Å². The molecule has 8 amide bonds. The summed E-state index contributed by atoms with van der Waals surface area (Å²) < 4.78 is 88.9. The molecule has 0 aliphatic carbocycles. The van der Waals surface area contributed by atoms with Gasteiger partial charge >= 0.3 is 36.0 Å². The number of nitrogens with zero attached hydrogens (tertiary/aromatic N) is 4. The van der Waals surface area contributed by atoms with E-state index in [1.54, 1.807) is 60.7 Å². The van der Waals surface area contributed by atoms with Crippen LogP contribution in [0.3, 0.4) is 0 Å². The molecule has 23 nitrogen and oxygen atoms in total. The summed E-state index contributed by atoms with van der Waals surface area (Å²) >= 11 is 0. The summed E-state index contributed by atoms with van der Waals surface area (Å²) in [7, 11) is 0. The highest BCUT2D eigenvalue weighted by atomic mass is 19.3. The lowest BCUT2D eigenvalue weighted by molar-refractivity contribution is -0.188. The average molecular weight is 1240 g/mol. The van der Waals surface area contributed by atoms with E-state index in [9.17, 15) is 48.6 Å². The number of rotatable bonds is 26. The van der Waals surface area contributed by atoms with E-state index in [4.69, 9.17) is 18.9 Å². The van der Waals surface area contributed by atoms with E-state index < -0.39 is 169 Å². The van der Waals surface area contributed by atoms with Gasteiger partial charge in [0.05, 0.1) is 24.9 Å². The van der Waals surface area contributed by atoms with Crippen molar-refractivity contribution in [1.82, 2.24) is 35.6 Å². The Morgan fingerprint density at radius 2 is 0.816 bits per heavy atom. The van der Waals surface area contributed by atoms with Gasteiger partial charge in [-0.05, 0) is 104 Å². The van der Waals surface area contributed by atoms with Crippen LogP contribution in [0.15, 0.2) is 60.7 Å². The van der Waals surface area contributed by atoms with Crippen molar-refractivity contribution in [3.63, 3.8) is 0 Å². The number of alkyl carbamates (subject to hydrolysis) is 2. The van der Waals surface area contributed by atoms with Crippen LogP contribution in [0, 0.1) is 11.8 Å². The summed E-state index contributed by atoms with van der Waals surface area (Å²) in [5, 5.41) is 30.5. The second kappa shape index (κ2) is 31.0. The Kier molecular flexibility index (Phi) is 25.6. The second-order valence-corrected chi connectivity index (χ2v) is 24.4. The molecule has 0 aromatic heterocycles. The molecule has 484 valence electrons. The highest BCUT2D eigenvalue weighted by Crippen LogP contribution is 2.34. The topological polar surface area (TPSA) is 297 Å². The summed E-state index contributed by atoms with van der Waals surface area (Å²) in [6.07, 6.45) is -10.7. The van der Waals surface area contributed by atoms with Gasteiger partial charge in [0.2, 0.25) is 23.6 Å². The average Bonchev–Trinajstić information content (AvgIpc) is 1.36. The fraction of sp³-hybridized carbons (Fsp3) is 0.633. The number of carbonyl (C=O) groups excluding carboxylic acids is 10. The van der Waals surface area contributed by atoms with E-state index in [2.05, 4.69) is 10.6 Å². The van der Waals surface area contributed by atoms with Crippen LogP contribution >= 0.6 is 0 Å². The fourth-order valence-electron chi connectivity index (χ4n) is 9.74. The van der Waals surface area contributed by atoms with Gasteiger partial charge in [0.1, 0.15) is 60.8 Å². The minimum atomic E-state index is -4.84. The zero-order chi connectivity index (χ0) is 65.5. The molecule has 4 rings (SSSR count). The molecule has 8 atom stereocenters. The van der Waals surface area contributed by atoms with Crippen LogP contribution in [0.2, 0.25) is 0 Å². The molecule has 27 heteroatoms. The number of halogens is 4. The van der Waals surface area contributed by atoms with Crippen molar-refractivity contribution in [2.24, 2.45) is 11.8 Å². The summed E-state index contributed by atoms with van der Waals surface area (Å²) in [6.45, 7) is 14.6. The minimum Gasteiger partial charge on any atom is -0.461 e. The van der Waals surface area contributed by atoms with Crippen molar-refractivity contribution in [3.05, 3.63) is 71.8 Å². The van der Waals surface area contributed by atoms with Crippen LogP contribution in [0.25, 0.3) is 0 Å². The molecule has 2 heterocycles. The molecule has 0 spiro atoms. The number of benzene rings is 2. The summed E-state index contributed by atoms with van der Waals surface area (Å²) in [6, 6.07) is 2.20. The van der Waals surface area contributed by atoms with Crippen LogP contribution in [-0.4, -0.2) is 187 Å². The van der Waals surface area contributed by atoms with Gasteiger partial charge in [-0.15, -0.1) is 0 Å². The number of nitrogens with one attached hydrogen (secondary N) is 3. The maximum absolute atomic E-state index is 16.8. The van der Waals surface area contributed by atoms with E-state index in [1.165, 1.54) is 69.2 Å². The number of amides is 8. The molecule has 2 saturated heterocycles. The lowest BCUT2D eigenvalue weighted by atomic mass is 9.93. The van der Waals surface area contributed by atoms with Crippen LogP contribution in [0.1, 0.15) is 133 Å². The maximum atomic E-state index is 16.8. The van der Waals surface area contributed by atoms with Crippen LogP contribution in [0.5, 0.6) is 0 Å². The standard InChI is InChI=1S/C60H85F4N7O16/c1-35(2)45(65-55(82)86-57(7,8)9)51(78)70(41(31-43(72)84-33-39-23-15-13-16-24-39)47(74)59(61,62)53(80)68-27-19-20-28-68)37(5)49(76)67-50(77)38(6)71(52(79)46(36(3)4)66-56(83)87-58(10,11)12)42(32-44(73)85-34-40-25-17-14-18-26-40)48(75)60(63,64)54(81)69-29-21-22-30-69/h13-18,23-26,35-38,41-42,45-48,74-75H,19-22,27-34H2,1-12H3,(H,65,82)(H,66,83)(H,67,76,77)/t37-,38-,41-,42-,45-,46-,47+,48+/m0/s1. The molecule has 2 aromatic rings. The van der Waals surface area contributed by atoms with Crippen LogP contribution in [-0.2, 0) is 70.5 Å². The van der Waals surface area contributed by atoms with E-state index >= 15 is 27.2 Å². The number of ether oxygens (including phenoxy) is 4. The van der Waals surface area contributed by atoms with Gasteiger partial charge in [-0.3, -0.25) is 43.7 Å². The number of hydrogen-bond acceptors (Lipinski definition) is 16. The van der Waals surface area contributed by atoms with Crippen molar-refractivity contribution in [3.8, 4) is 0 Å². The van der Waals surface area contributed by atoms with Crippen molar-refractivity contribution in [1.29, 1.82) is 0 Å². The number of alkyl halides is 4. The van der Waals surface area contributed by atoms with Crippen LogP contribution in [0.4, 0.5) is 27.2 Å². The molecular weight excluding hydrogens is 1150 g/mol. The summed E-state index contributed by atoms with van der Waals surface area (Å²) in [5.74, 6) is -24.5. The highest BCUT2D eigenvalue weighted by molar-refractivity contribution is 6.03. The predicted molar refractivity (Wildman–Crippen MR) is 305 cm³/mol. The third-order valence-electron chi connectivity index (χ3n) is 14.3. The molecule has 2 aliphatic rings. The number of imide groups is 1. The Hall–Kier alpha value is -7.42. The molecule has 2 aromatic carbocycles. The SMILES string of the molecule is CC(C)[C@H](NC(=O)OC(C)(C)C)C(=O)N([C@@H](C)C(=O)NC(=O)[C@H](C)N(C(=O)[C@@H](NC(=O)OC(C)(C)C)C(C)C)[C@@H](CC(=O)OCc1ccccc1)[C@@H](O)C(F)(F)C(=O)N1CCCC1)[C@@H](CC(=O)OCc1ccccc1)[C@@H](O)C(F)(F)C(=O)N1CCCC1. The predicted octanol–water partition coefficient (Wildman–Crippen LogP) is 5.40. The lowest BCUT2D eigenvalue weighted by Gasteiger charge is -2.43. The Bertz CT molecular complexity index is 2530. The zero-order valence-electron chi connectivity index (χ0n) is 51.4. The van der Waals surface area contributed by atoms with Gasteiger partial charge < -0.3 is 59.4 Å². The molecule has 87 heavy (non-hydrogen) atoms. The number of likely N-dealkylation sites (tertiary alicyclic amines) is 2. The van der Waals surface area contributed by atoms with Crippen molar-refractivity contribution >= 4 is 59.6 Å². The first-order chi connectivity index (χ1) is 40.4. The normalized spacial score (nSPS) is 16.7. The summed E-state index contributed by atoms with van der Waals surface area (Å²) in [4.78, 5) is 144. The van der Waals surface area contributed by atoms with Gasteiger partial charge in [-0.25, -0.2) is 9.59 Å². The van der Waals surface area contributed by atoms with Gasteiger partial charge in [0.25, 0.3) is 11.8 Å². The van der Waals surface area contributed by atoms with Gasteiger partial charge in [-0.1, -0.05) is 88.4 Å². The van der Waals surface area contributed by atoms with E-state index in [1.807, 2.05) is 5.32 Å². The fourth-order valence-corrected chi connectivity index (χ4v) is 9.74. The second-order valence-electron chi connectivity index (χ2n) is 24.4. The van der Waals surface area contributed by atoms with E-state index in [0.717, 1.165) is 23.6 Å². The van der Waals surface area contributed by atoms with Crippen LogP contribution < -0.4 is 16.0 Å². The Morgan fingerprint density at radius 1 is 0.517 bits per heavy atom. The summed E-state index contributed by atoms with van der Waals surface area (Å²) in [5.41, 5.74) is -1.57. The number of carbonyl (C=O) groups is 10. The maximum Gasteiger partial charge on any atom is 0.408 e. The molecule has 2 fully saturated rings. The number of esters is 2. The molecule has 2 aliphatic heterocycles. The first-order valence-electron chi connectivity index (χ1n) is 29.0. The molecule has 0 saturated carbocycles. The molecule has 0 bridgehead atoms. The largest absolute Gasteiger partial charge is 0.461 e. The van der Waals surface area contributed by atoms with Gasteiger partial charge in [-0.2, -0.15) is 17.6 Å². The third-order valence-corrected chi connectivity index (χ3v) is 14.3. The molecule has 5 N–H and O–H groups in total. The first kappa shape index (κ1) is 72.1. The number of hydrogen-bond donors (Lipinski definition) is 5. The molecular formula is C60H85F4N7O16. The minimum absolute atomic E-state index is 0.157. The van der Waals surface area contributed by atoms with E-state index in [-0.39, 0.29) is 36.0 Å². The Labute approximate surface area is 504 Å². The number of aliphatic hydroxyl groups is 2.